The van der Waals surface area contributed by atoms with Crippen molar-refractivity contribution in [1.82, 2.24) is 4.72 Å². The first kappa shape index (κ1) is 15.7. The number of rotatable bonds is 6. The van der Waals surface area contributed by atoms with Gasteiger partial charge in [0.1, 0.15) is 4.21 Å². The summed E-state index contributed by atoms with van der Waals surface area (Å²) in [6.45, 7) is 4.04. The van der Waals surface area contributed by atoms with E-state index in [0.29, 0.717) is 11.4 Å². The Morgan fingerprint density at radius 3 is 2.70 bits per heavy atom. The molecule has 0 radical (unpaired) electrons. The topological polar surface area (TPSA) is 66.4 Å². The van der Waals surface area contributed by atoms with Crippen LogP contribution in [0.2, 0.25) is 0 Å². The molecule has 2 N–H and O–H groups in total. The van der Waals surface area contributed by atoms with Crippen LogP contribution in [0.3, 0.4) is 0 Å². The number of hydrogen-bond donors (Lipinski definition) is 2. The first-order valence-electron chi connectivity index (χ1n) is 6.23. The van der Waals surface area contributed by atoms with Crippen LogP contribution in [0.25, 0.3) is 0 Å². The zero-order chi connectivity index (χ0) is 14.8. The molecule has 0 aliphatic heterocycles. The summed E-state index contributed by atoms with van der Waals surface area (Å²) in [5.41, 5.74) is 1.99. The van der Waals surface area contributed by atoms with Crippen molar-refractivity contribution < 1.29 is 13.5 Å². The van der Waals surface area contributed by atoms with Crippen molar-refractivity contribution in [3.63, 3.8) is 0 Å². The van der Waals surface area contributed by atoms with E-state index in [0.717, 1.165) is 28.2 Å². The molecule has 0 saturated carbocycles. The summed E-state index contributed by atoms with van der Waals surface area (Å²) in [5, 5.41) is 11.1. The molecule has 0 fully saturated rings. The third-order valence-electron chi connectivity index (χ3n) is 3.05. The second-order valence-corrected chi connectivity index (χ2v) is 8.51. The standard InChI is InChI=1S/C13H17NO3S3/c1-3-10-4-5-18-11(10)7-14-20(16,17)13-6-9(2)12(8-15)19-13/h4-6,14-15H,3,7-8H2,1-2H3. The van der Waals surface area contributed by atoms with Gasteiger partial charge in [0.25, 0.3) is 0 Å². The molecular weight excluding hydrogens is 314 g/mol. The van der Waals surface area contributed by atoms with Crippen molar-refractivity contribution in [1.29, 1.82) is 0 Å². The summed E-state index contributed by atoms with van der Waals surface area (Å²) in [4.78, 5) is 1.74. The van der Waals surface area contributed by atoms with Crippen LogP contribution in [0.4, 0.5) is 0 Å². The monoisotopic (exact) mass is 331 g/mol. The molecular formula is C13H17NO3S3. The molecule has 0 aliphatic rings. The van der Waals surface area contributed by atoms with Crippen molar-refractivity contribution in [2.45, 2.75) is 37.6 Å². The third-order valence-corrected chi connectivity index (χ3v) is 7.11. The van der Waals surface area contributed by atoms with Gasteiger partial charge in [0.15, 0.2) is 0 Å². The second-order valence-electron chi connectivity index (χ2n) is 4.38. The summed E-state index contributed by atoms with van der Waals surface area (Å²) in [7, 11) is -3.51. The molecule has 0 atom stereocenters. The number of hydrogen-bond acceptors (Lipinski definition) is 5. The van der Waals surface area contributed by atoms with Gasteiger partial charge in [-0.3, -0.25) is 0 Å². The highest BCUT2D eigenvalue weighted by Crippen LogP contribution is 2.26. The first-order valence-corrected chi connectivity index (χ1v) is 9.41. The van der Waals surface area contributed by atoms with Crippen LogP contribution in [0.5, 0.6) is 0 Å². The van der Waals surface area contributed by atoms with Crippen molar-refractivity contribution in [2.24, 2.45) is 0 Å². The lowest BCUT2D eigenvalue weighted by molar-refractivity contribution is 0.285. The summed E-state index contributed by atoms with van der Waals surface area (Å²) in [6, 6.07) is 3.63. The Kier molecular flexibility index (Phi) is 4.98. The van der Waals surface area contributed by atoms with Gasteiger partial charge in [-0.05, 0) is 42.0 Å². The van der Waals surface area contributed by atoms with E-state index in [4.69, 9.17) is 5.11 Å². The third kappa shape index (κ3) is 3.29. The van der Waals surface area contributed by atoms with Gasteiger partial charge in [0.05, 0.1) is 6.61 Å². The highest BCUT2D eigenvalue weighted by Gasteiger charge is 2.19. The van der Waals surface area contributed by atoms with Gasteiger partial charge >= 0.3 is 0 Å². The molecule has 0 amide bonds. The molecule has 7 heteroatoms. The Morgan fingerprint density at radius 1 is 1.35 bits per heavy atom. The Labute approximate surface area is 127 Å². The predicted octanol–water partition coefficient (Wildman–Crippen LogP) is 2.65. The van der Waals surface area contributed by atoms with Gasteiger partial charge in [-0.2, -0.15) is 0 Å². The lowest BCUT2D eigenvalue weighted by atomic mass is 10.2. The number of aryl methyl sites for hydroxylation is 2. The number of aliphatic hydroxyl groups is 1. The number of thiophene rings is 2. The maximum absolute atomic E-state index is 12.2. The minimum absolute atomic E-state index is 0.128. The molecule has 0 spiro atoms. The van der Waals surface area contributed by atoms with Crippen LogP contribution < -0.4 is 4.72 Å². The first-order chi connectivity index (χ1) is 9.47. The largest absolute Gasteiger partial charge is 0.391 e. The molecule has 0 bridgehead atoms. The molecule has 0 aromatic carbocycles. The SMILES string of the molecule is CCc1ccsc1CNS(=O)(=O)c1cc(C)c(CO)s1. The van der Waals surface area contributed by atoms with Gasteiger partial charge < -0.3 is 5.11 Å². The van der Waals surface area contributed by atoms with E-state index in [-0.39, 0.29) is 10.8 Å². The van der Waals surface area contributed by atoms with E-state index >= 15 is 0 Å². The van der Waals surface area contributed by atoms with Crippen molar-refractivity contribution in [3.8, 4) is 0 Å². The second kappa shape index (κ2) is 6.36. The van der Waals surface area contributed by atoms with E-state index in [9.17, 15) is 8.42 Å². The molecule has 4 nitrogen and oxygen atoms in total. The fraction of sp³-hybridized carbons (Fsp3) is 0.385. The zero-order valence-electron chi connectivity index (χ0n) is 11.3. The van der Waals surface area contributed by atoms with Crippen molar-refractivity contribution in [2.75, 3.05) is 0 Å². The number of sulfonamides is 1. The zero-order valence-corrected chi connectivity index (χ0v) is 13.8. The van der Waals surface area contributed by atoms with E-state index in [1.54, 1.807) is 24.3 Å². The fourth-order valence-corrected chi connectivity index (χ4v) is 5.34. The summed E-state index contributed by atoms with van der Waals surface area (Å²) in [6.07, 6.45) is 0.896. The van der Waals surface area contributed by atoms with Crippen molar-refractivity contribution in [3.05, 3.63) is 38.4 Å². The Hall–Kier alpha value is -0.730. The summed E-state index contributed by atoms with van der Waals surface area (Å²) in [5.74, 6) is 0. The normalized spacial score (nSPS) is 11.9. The smallest absolute Gasteiger partial charge is 0.250 e. The molecule has 110 valence electrons. The minimum Gasteiger partial charge on any atom is -0.391 e. The van der Waals surface area contributed by atoms with E-state index in [2.05, 4.69) is 11.6 Å². The number of nitrogens with one attached hydrogen (secondary N) is 1. The van der Waals surface area contributed by atoms with E-state index in [1.807, 2.05) is 11.4 Å². The van der Waals surface area contributed by atoms with Gasteiger partial charge in [-0.15, -0.1) is 22.7 Å². The lowest BCUT2D eigenvalue weighted by Gasteiger charge is -2.05. The van der Waals surface area contributed by atoms with Gasteiger partial charge in [-0.25, -0.2) is 13.1 Å². The van der Waals surface area contributed by atoms with Crippen LogP contribution in [0.1, 0.15) is 27.8 Å². The molecule has 0 aliphatic carbocycles. The molecule has 2 aromatic rings. The summed E-state index contributed by atoms with van der Waals surface area (Å²) < 4.78 is 27.3. The predicted molar refractivity (Wildman–Crippen MR) is 82.7 cm³/mol. The molecule has 0 unspecified atom stereocenters. The van der Waals surface area contributed by atoms with Gasteiger partial charge in [0.2, 0.25) is 10.0 Å². The van der Waals surface area contributed by atoms with E-state index in [1.165, 1.54) is 5.56 Å². The van der Waals surface area contributed by atoms with Crippen LogP contribution in [0.15, 0.2) is 21.7 Å². The average molecular weight is 331 g/mol. The van der Waals surface area contributed by atoms with Crippen LogP contribution in [-0.4, -0.2) is 13.5 Å². The number of aliphatic hydroxyl groups excluding tert-OH is 1. The van der Waals surface area contributed by atoms with Gasteiger partial charge in [0, 0.05) is 16.3 Å². The van der Waals surface area contributed by atoms with Crippen molar-refractivity contribution >= 4 is 32.7 Å². The highest BCUT2D eigenvalue weighted by atomic mass is 32.2. The van der Waals surface area contributed by atoms with Crippen LogP contribution in [0, 0.1) is 6.92 Å². The molecule has 2 rings (SSSR count). The quantitative estimate of drug-likeness (QED) is 0.855. The molecule has 20 heavy (non-hydrogen) atoms. The lowest BCUT2D eigenvalue weighted by Crippen LogP contribution is -2.22. The van der Waals surface area contributed by atoms with Gasteiger partial charge in [-0.1, -0.05) is 6.92 Å². The molecule has 2 heterocycles. The highest BCUT2D eigenvalue weighted by molar-refractivity contribution is 7.91. The van der Waals surface area contributed by atoms with Crippen LogP contribution >= 0.6 is 22.7 Å². The van der Waals surface area contributed by atoms with Crippen LogP contribution in [-0.2, 0) is 29.6 Å². The molecule has 0 saturated heterocycles. The Balaban J connectivity index is 2.15. The fourth-order valence-electron chi connectivity index (χ4n) is 1.85. The maximum Gasteiger partial charge on any atom is 0.250 e. The summed E-state index contributed by atoms with van der Waals surface area (Å²) >= 11 is 2.68. The Morgan fingerprint density at radius 2 is 2.10 bits per heavy atom. The average Bonchev–Trinajstić information content (AvgIpc) is 3.02. The minimum atomic E-state index is -3.51. The molecule has 2 aromatic heterocycles. The maximum atomic E-state index is 12.2. The Bertz CT molecular complexity index is 686. The van der Waals surface area contributed by atoms with E-state index < -0.39 is 10.0 Å².